The molecule has 0 heterocycles. The minimum atomic E-state index is -0.199. The minimum absolute atomic E-state index is 0.199. The molecule has 0 bridgehead atoms. The van der Waals surface area contributed by atoms with Crippen LogP contribution in [0.3, 0.4) is 0 Å². The molecule has 0 amide bonds. The largest absolute Gasteiger partial charge is 0.466 e. The molecule has 0 spiro atoms. The van der Waals surface area contributed by atoms with E-state index < -0.39 is 0 Å². The van der Waals surface area contributed by atoms with Crippen LogP contribution in [0.4, 0.5) is 0 Å². The van der Waals surface area contributed by atoms with E-state index in [4.69, 9.17) is 4.74 Å². The van der Waals surface area contributed by atoms with Crippen molar-refractivity contribution in [2.45, 2.75) is 39.2 Å². The summed E-state index contributed by atoms with van der Waals surface area (Å²) in [5.74, 6) is 0.663. The van der Waals surface area contributed by atoms with Crippen LogP contribution in [0.5, 0.6) is 0 Å². The monoisotopic (exact) mass is 225 g/mol. The first-order valence-electron chi connectivity index (χ1n) is 6.07. The highest BCUT2D eigenvalue weighted by Gasteiger charge is 2.29. The summed E-state index contributed by atoms with van der Waals surface area (Å²) in [5, 5.41) is 0. The van der Waals surface area contributed by atoms with Gasteiger partial charge in [-0.15, -0.1) is 0 Å². The molecule has 1 fully saturated rings. The Bertz CT molecular complexity index is 269. The van der Waals surface area contributed by atoms with Gasteiger partial charge in [-0.2, -0.15) is 0 Å². The van der Waals surface area contributed by atoms with Crippen LogP contribution in [-0.4, -0.2) is 37.6 Å². The second-order valence-electron chi connectivity index (χ2n) is 4.59. The number of esters is 1. The van der Waals surface area contributed by atoms with Crippen LogP contribution in [0.1, 0.15) is 33.1 Å². The average molecular weight is 225 g/mol. The van der Waals surface area contributed by atoms with Gasteiger partial charge >= 0.3 is 5.97 Å². The molecule has 0 aromatic heterocycles. The van der Waals surface area contributed by atoms with Gasteiger partial charge in [0.25, 0.3) is 0 Å². The fraction of sp³-hybridized carbons (Fsp3) is 0.769. The highest BCUT2D eigenvalue weighted by molar-refractivity contribution is 5.88. The summed E-state index contributed by atoms with van der Waals surface area (Å²) >= 11 is 0. The van der Waals surface area contributed by atoms with Crippen LogP contribution >= 0.6 is 0 Å². The normalized spacial score (nSPS) is 18.7. The molecule has 0 radical (unpaired) electrons. The SMILES string of the molecule is CCC(=CCN(C)C(C)C1CC1)C(=O)OC. The number of ether oxygens (including phenoxy) is 1. The van der Waals surface area contributed by atoms with Gasteiger partial charge in [-0.05, 0) is 39.2 Å². The van der Waals surface area contributed by atoms with Crippen molar-refractivity contribution < 1.29 is 9.53 Å². The summed E-state index contributed by atoms with van der Waals surface area (Å²) in [6, 6.07) is 0.618. The van der Waals surface area contributed by atoms with Crippen molar-refractivity contribution in [3.05, 3.63) is 11.6 Å². The zero-order valence-electron chi connectivity index (χ0n) is 10.8. The van der Waals surface area contributed by atoms with E-state index in [0.29, 0.717) is 6.04 Å². The van der Waals surface area contributed by atoms with Gasteiger partial charge in [0, 0.05) is 18.2 Å². The Morgan fingerprint density at radius 1 is 1.56 bits per heavy atom. The van der Waals surface area contributed by atoms with E-state index >= 15 is 0 Å². The van der Waals surface area contributed by atoms with E-state index in [0.717, 1.165) is 24.5 Å². The molecule has 0 aliphatic heterocycles. The molecule has 3 nitrogen and oxygen atoms in total. The molecule has 3 heteroatoms. The van der Waals surface area contributed by atoms with Gasteiger partial charge in [0.05, 0.1) is 7.11 Å². The van der Waals surface area contributed by atoms with E-state index in [-0.39, 0.29) is 5.97 Å². The third kappa shape index (κ3) is 3.63. The minimum Gasteiger partial charge on any atom is -0.466 e. The molecule has 1 atom stereocenters. The molecule has 16 heavy (non-hydrogen) atoms. The highest BCUT2D eigenvalue weighted by Crippen LogP contribution is 2.34. The van der Waals surface area contributed by atoms with Crippen LogP contribution in [-0.2, 0) is 9.53 Å². The average Bonchev–Trinajstić information content (AvgIpc) is 3.11. The molecule has 1 aliphatic carbocycles. The van der Waals surface area contributed by atoms with E-state index in [1.807, 2.05) is 13.0 Å². The summed E-state index contributed by atoms with van der Waals surface area (Å²) in [4.78, 5) is 13.7. The number of nitrogens with zero attached hydrogens (tertiary/aromatic N) is 1. The van der Waals surface area contributed by atoms with Crippen molar-refractivity contribution in [3.63, 3.8) is 0 Å². The van der Waals surface area contributed by atoms with Crippen molar-refractivity contribution >= 4 is 5.97 Å². The maximum atomic E-state index is 11.4. The highest BCUT2D eigenvalue weighted by atomic mass is 16.5. The predicted molar refractivity (Wildman–Crippen MR) is 65.2 cm³/mol. The first kappa shape index (κ1) is 13.2. The van der Waals surface area contributed by atoms with Gasteiger partial charge in [-0.1, -0.05) is 13.0 Å². The summed E-state index contributed by atoms with van der Waals surface area (Å²) in [5.41, 5.74) is 0.775. The quantitative estimate of drug-likeness (QED) is 0.513. The molecule has 92 valence electrons. The Balaban J connectivity index is 2.45. The second kappa shape index (κ2) is 6.04. The lowest BCUT2D eigenvalue weighted by molar-refractivity contribution is -0.136. The summed E-state index contributed by atoms with van der Waals surface area (Å²) < 4.78 is 4.73. The van der Waals surface area contributed by atoms with Crippen LogP contribution in [0, 0.1) is 5.92 Å². The molecule has 0 saturated heterocycles. The van der Waals surface area contributed by atoms with Crippen molar-refractivity contribution in [1.82, 2.24) is 4.90 Å². The zero-order valence-corrected chi connectivity index (χ0v) is 10.8. The standard InChI is InChI=1S/C13H23NO2/c1-5-11(13(15)16-4)8-9-14(3)10(2)12-6-7-12/h8,10,12H,5-7,9H2,1-4H3. The van der Waals surface area contributed by atoms with Crippen LogP contribution in [0.15, 0.2) is 11.6 Å². The molecule has 0 aromatic carbocycles. The Hall–Kier alpha value is -0.830. The van der Waals surface area contributed by atoms with Gasteiger partial charge in [0.1, 0.15) is 0 Å². The topological polar surface area (TPSA) is 29.5 Å². The van der Waals surface area contributed by atoms with Crippen molar-refractivity contribution in [1.29, 1.82) is 0 Å². The first-order valence-corrected chi connectivity index (χ1v) is 6.07. The van der Waals surface area contributed by atoms with Crippen LogP contribution in [0.25, 0.3) is 0 Å². The third-order valence-corrected chi connectivity index (χ3v) is 3.45. The summed E-state index contributed by atoms with van der Waals surface area (Å²) in [7, 11) is 3.55. The van der Waals surface area contributed by atoms with Gasteiger partial charge in [-0.3, -0.25) is 4.90 Å². The Morgan fingerprint density at radius 2 is 2.19 bits per heavy atom. The van der Waals surface area contributed by atoms with Crippen molar-refractivity contribution in [2.75, 3.05) is 20.7 Å². The first-order chi connectivity index (χ1) is 7.60. The lowest BCUT2D eigenvalue weighted by Crippen LogP contribution is -2.31. The molecule has 0 N–H and O–H groups in total. The van der Waals surface area contributed by atoms with E-state index in [1.165, 1.54) is 20.0 Å². The Labute approximate surface area is 98.5 Å². The summed E-state index contributed by atoms with van der Waals surface area (Å²) in [6.45, 7) is 5.07. The summed E-state index contributed by atoms with van der Waals surface area (Å²) in [6.07, 6.45) is 5.43. The lowest BCUT2D eigenvalue weighted by atomic mass is 10.1. The lowest BCUT2D eigenvalue weighted by Gasteiger charge is -2.23. The number of likely N-dealkylation sites (N-methyl/N-ethyl adjacent to an activating group) is 1. The maximum absolute atomic E-state index is 11.4. The third-order valence-electron chi connectivity index (χ3n) is 3.45. The Morgan fingerprint density at radius 3 is 2.62 bits per heavy atom. The molecule has 0 aromatic rings. The number of carbonyl (C=O) groups is 1. The number of hydrogen-bond donors (Lipinski definition) is 0. The molecule has 1 unspecified atom stereocenters. The van der Waals surface area contributed by atoms with Gasteiger partial charge in [0.15, 0.2) is 0 Å². The fourth-order valence-corrected chi connectivity index (χ4v) is 1.86. The van der Waals surface area contributed by atoms with Crippen LogP contribution in [0.2, 0.25) is 0 Å². The molecular weight excluding hydrogens is 202 g/mol. The predicted octanol–water partition coefficient (Wildman–Crippen LogP) is 2.23. The Kier molecular flexibility index (Phi) is 5.00. The number of carbonyl (C=O) groups excluding carboxylic acids is 1. The molecule has 1 saturated carbocycles. The number of hydrogen-bond acceptors (Lipinski definition) is 3. The van der Waals surface area contributed by atoms with Gasteiger partial charge in [-0.25, -0.2) is 4.79 Å². The second-order valence-corrected chi connectivity index (χ2v) is 4.59. The van der Waals surface area contributed by atoms with Crippen molar-refractivity contribution in [2.24, 2.45) is 5.92 Å². The molecular formula is C13H23NO2. The zero-order chi connectivity index (χ0) is 12.1. The number of rotatable bonds is 6. The number of methoxy groups -OCH3 is 1. The van der Waals surface area contributed by atoms with Gasteiger partial charge < -0.3 is 4.74 Å². The van der Waals surface area contributed by atoms with Crippen LogP contribution < -0.4 is 0 Å². The van der Waals surface area contributed by atoms with Crippen molar-refractivity contribution in [3.8, 4) is 0 Å². The van der Waals surface area contributed by atoms with E-state index in [9.17, 15) is 4.79 Å². The fourth-order valence-electron chi connectivity index (χ4n) is 1.86. The maximum Gasteiger partial charge on any atom is 0.333 e. The molecule has 1 aliphatic rings. The molecule has 1 rings (SSSR count). The smallest absolute Gasteiger partial charge is 0.333 e. The van der Waals surface area contributed by atoms with E-state index in [2.05, 4.69) is 18.9 Å². The van der Waals surface area contributed by atoms with E-state index in [1.54, 1.807) is 0 Å². The van der Waals surface area contributed by atoms with Gasteiger partial charge in [0.2, 0.25) is 0 Å².